The van der Waals surface area contributed by atoms with Crippen LogP contribution < -0.4 is 17.2 Å². The van der Waals surface area contributed by atoms with Gasteiger partial charge in [-0.25, -0.2) is 4.79 Å². The van der Waals surface area contributed by atoms with Crippen molar-refractivity contribution in [3.05, 3.63) is 52.6 Å². The molecule has 6 heteroatoms. The Balaban J connectivity index is 1.66. The van der Waals surface area contributed by atoms with Gasteiger partial charge in [-0.1, -0.05) is 12.1 Å². The van der Waals surface area contributed by atoms with Crippen LogP contribution in [0.1, 0.15) is 12.0 Å². The third-order valence-corrected chi connectivity index (χ3v) is 4.07. The predicted octanol–water partition coefficient (Wildman–Crippen LogP) is 0.390. The number of aromatic nitrogens is 2. The summed E-state index contributed by atoms with van der Waals surface area (Å²) in [6.07, 6.45) is 3.72. The van der Waals surface area contributed by atoms with Crippen molar-refractivity contribution in [1.82, 2.24) is 14.5 Å². The first-order valence-corrected chi connectivity index (χ1v) is 7.54. The second-order valence-corrected chi connectivity index (χ2v) is 5.77. The van der Waals surface area contributed by atoms with Gasteiger partial charge in [0.1, 0.15) is 5.82 Å². The number of benzene rings is 1. The standard InChI is InChI=1S/C16H21N5O/c17-13-6-9-20(11-13)8-5-12-1-3-14(4-2-12)21-10-7-15(18)19-16(21)22/h1-4,7,10,13H,5-6,8-9,11,17H2,(H2,18,19,22)/t13-/m0/s1. The molecule has 2 aromatic rings. The van der Waals surface area contributed by atoms with Gasteiger partial charge in [0.15, 0.2) is 0 Å². The van der Waals surface area contributed by atoms with E-state index in [1.165, 1.54) is 10.1 Å². The molecule has 1 aliphatic heterocycles. The highest BCUT2D eigenvalue weighted by Gasteiger charge is 2.18. The number of nitrogen functional groups attached to an aromatic ring is 1. The molecule has 1 aliphatic rings. The molecule has 1 saturated heterocycles. The van der Waals surface area contributed by atoms with Crippen molar-refractivity contribution in [3.8, 4) is 5.69 Å². The second-order valence-electron chi connectivity index (χ2n) is 5.77. The lowest BCUT2D eigenvalue weighted by Gasteiger charge is -2.15. The molecule has 0 unspecified atom stereocenters. The van der Waals surface area contributed by atoms with Crippen LogP contribution in [0.15, 0.2) is 41.3 Å². The number of nitrogens with zero attached hydrogens (tertiary/aromatic N) is 3. The molecule has 1 aromatic carbocycles. The zero-order chi connectivity index (χ0) is 15.5. The average molecular weight is 299 g/mol. The van der Waals surface area contributed by atoms with Crippen LogP contribution in [0.25, 0.3) is 5.69 Å². The highest BCUT2D eigenvalue weighted by Crippen LogP contribution is 2.11. The molecule has 4 N–H and O–H groups in total. The first kappa shape index (κ1) is 14.7. The SMILES string of the molecule is Nc1ccn(-c2ccc(CCN3CC[C@H](N)C3)cc2)c(=O)n1. The molecule has 6 nitrogen and oxygen atoms in total. The lowest BCUT2D eigenvalue weighted by atomic mass is 10.1. The van der Waals surface area contributed by atoms with Gasteiger partial charge in [0.05, 0.1) is 5.69 Å². The van der Waals surface area contributed by atoms with Gasteiger partial charge in [0.2, 0.25) is 0 Å². The van der Waals surface area contributed by atoms with Crippen molar-refractivity contribution in [1.29, 1.82) is 0 Å². The van der Waals surface area contributed by atoms with Crippen molar-refractivity contribution in [2.24, 2.45) is 5.73 Å². The van der Waals surface area contributed by atoms with E-state index in [1.54, 1.807) is 12.3 Å². The summed E-state index contributed by atoms with van der Waals surface area (Å²) in [4.78, 5) is 17.9. The molecule has 116 valence electrons. The maximum Gasteiger partial charge on any atom is 0.354 e. The Labute approximate surface area is 129 Å². The maximum atomic E-state index is 11.8. The Bertz CT molecular complexity index is 694. The second kappa shape index (κ2) is 6.29. The van der Waals surface area contributed by atoms with Crippen LogP contribution in [-0.2, 0) is 6.42 Å². The van der Waals surface area contributed by atoms with E-state index in [0.29, 0.717) is 6.04 Å². The van der Waals surface area contributed by atoms with E-state index in [9.17, 15) is 4.79 Å². The fraction of sp³-hybridized carbons (Fsp3) is 0.375. The predicted molar refractivity (Wildman–Crippen MR) is 87.0 cm³/mol. The van der Waals surface area contributed by atoms with E-state index in [0.717, 1.165) is 38.2 Å². The summed E-state index contributed by atoms with van der Waals surface area (Å²) >= 11 is 0. The van der Waals surface area contributed by atoms with Crippen molar-refractivity contribution in [3.63, 3.8) is 0 Å². The number of likely N-dealkylation sites (tertiary alicyclic amines) is 1. The summed E-state index contributed by atoms with van der Waals surface area (Å²) in [6.45, 7) is 3.10. The van der Waals surface area contributed by atoms with Crippen LogP contribution >= 0.6 is 0 Å². The average Bonchev–Trinajstić information content (AvgIpc) is 2.92. The largest absolute Gasteiger partial charge is 0.383 e. The maximum absolute atomic E-state index is 11.8. The van der Waals surface area contributed by atoms with Gasteiger partial charge in [0, 0.05) is 25.3 Å². The van der Waals surface area contributed by atoms with Gasteiger partial charge in [-0.05, 0) is 43.1 Å². The lowest BCUT2D eigenvalue weighted by Crippen LogP contribution is -2.28. The minimum atomic E-state index is -0.362. The van der Waals surface area contributed by atoms with Crippen LogP contribution in [0.2, 0.25) is 0 Å². The van der Waals surface area contributed by atoms with Gasteiger partial charge in [-0.15, -0.1) is 0 Å². The highest BCUT2D eigenvalue weighted by molar-refractivity contribution is 5.36. The van der Waals surface area contributed by atoms with Crippen molar-refractivity contribution < 1.29 is 0 Å². The van der Waals surface area contributed by atoms with E-state index >= 15 is 0 Å². The molecule has 0 radical (unpaired) electrons. The molecule has 3 rings (SSSR count). The van der Waals surface area contributed by atoms with E-state index in [1.807, 2.05) is 24.3 Å². The molecule has 1 fully saturated rings. The van der Waals surface area contributed by atoms with Crippen molar-refractivity contribution in [2.45, 2.75) is 18.9 Å². The van der Waals surface area contributed by atoms with Crippen LogP contribution in [0.3, 0.4) is 0 Å². The zero-order valence-electron chi connectivity index (χ0n) is 12.5. The van der Waals surface area contributed by atoms with Crippen LogP contribution in [-0.4, -0.2) is 40.1 Å². The number of rotatable bonds is 4. The summed E-state index contributed by atoms with van der Waals surface area (Å²) in [5, 5.41) is 0. The first-order chi connectivity index (χ1) is 10.6. The molecule has 0 amide bonds. The van der Waals surface area contributed by atoms with Crippen molar-refractivity contribution >= 4 is 5.82 Å². The minimum absolute atomic E-state index is 0.238. The number of nitrogens with two attached hydrogens (primary N) is 2. The molecule has 0 spiro atoms. The lowest BCUT2D eigenvalue weighted by molar-refractivity contribution is 0.339. The molecule has 0 saturated carbocycles. The fourth-order valence-corrected chi connectivity index (χ4v) is 2.79. The Morgan fingerprint density at radius 2 is 2.00 bits per heavy atom. The Hall–Kier alpha value is -2.18. The molecule has 2 heterocycles. The normalized spacial score (nSPS) is 18.7. The van der Waals surface area contributed by atoms with E-state index in [2.05, 4.69) is 9.88 Å². The summed E-state index contributed by atoms with van der Waals surface area (Å²) in [7, 11) is 0. The summed E-state index contributed by atoms with van der Waals surface area (Å²) in [5.74, 6) is 0.238. The number of anilines is 1. The molecular weight excluding hydrogens is 278 g/mol. The van der Waals surface area contributed by atoms with Crippen LogP contribution in [0.4, 0.5) is 5.82 Å². The number of hydrogen-bond acceptors (Lipinski definition) is 5. The fourth-order valence-electron chi connectivity index (χ4n) is 2.79. The molecule has 0 aliphatic carbocycles. The van der Waals surface area contributed by atoms with Crippen LogP contribution in [0, 0.1) is 0 Å². The molecule has 1 atom stereocenters. The quantitative estimate of drug-likeness (QED) is 0.852. The monoisotopic (exact) mass is 299 g/mol. The Kier molecular flexibility index (Phi) is 4.22. The minimum Gasteiger partial charge on any atom is -0.383 e. The van der Waals surface area contributed by atoms with Crippen LogP contribution in [0.5, 0.6) is 0 Å². The van der Waals surface area contributed by atoms with Gasteiger partial charge in [-0.2, -0.15) is 4.98 Å². The molecular formula is C16H21N5O. The summed E-state index contributed by atoms with van der Waals surface area (Å²) < 4.78 is 1.49. The first-order valence-electron chi connectivity index (χ1n) is 7.54. The van der Waals surface area contributed by atoms with E-state index in [-0.39, 0.29) is 11.5 Å². The Morgan fingerprint density at radius 3 is 2.64 bits per heavy atom. The Morgan fingerprint density at radius 1 is 1.23 bits per heavy atom. The van der Waals surface area contributed by atoms with Crippen molar-refractivity contribution in [2.75, 3.05) is 25.4 Å². The third kappa shape index (κ3) is 3.35. The van der Waals surface area contributed by atoms with E-state index < -0.39 is 0 Å². The third-order valence-electron chi connectivity index (χ3n) is 4.07. The zero-order valence-corrected chi connectivity index (χ0v) is 12.5. The van der Waals surface area contributed by atoms with E-state index in [4.69, 9.17) is 11.5 Å². The van der Waals surface area contributed by atoms with Gasteiger partial charge in [0.25, 0.3) is 0 Å². The summed E-state index contributed by atoms with van der Waals surface area (Å²) in [5.41, 5.74) is 13.1. The van der Waals surface area contributed by atoms with Gasteiger partial charge in [-0.3, -0.25) is 4.57 Å². The van der Waals surface area contributed by atoms with Gasteiger partial charge < -0.3 is 16.4 Å². The highest BCUT2D eigenvalue weighted by atomic mass is 16.1. The number of hydrogen-bond donors (Lipinski definition) is 2. The van der Waals surface area contributed by atoms with Gasteiger partial charge >= 0.3 is 5.69 Å². The molecule has 1 aromatic heterocycles. The topological polar surface area (TPSA) is 90.2 Å². The summed E-state index contributed by atoms with van der Waals surface area (Å²) in [6, 6.07) is 9.91. The smallest absolute Gasteiger partial charge is 0.354 e. The molecule has 22 heavy (non-hydrogen) atoms. The molecule has 0 bridgehead atoms.